The Balaban J connectivity index is 1.06. The van der Waals surface area contributed by atoms with Gasteiger partial charge in [0.1, 0.15) is 0 Å². The first kappa shape index (κ1) is 25.8. The lowest BCUT2D eigenvalue weighted by Crippen LogP contribution is -2.61. The fraction of sp³-hybridized carbons (Fsp3) is 0.400. The van der Waals surface area contributed by atoms with E-state index in [0.29, 0.717) is 40.5 Å². The first-order valence-corrected chi connectivity index (χ1v) is 14.0. The lowest BCUT2D eigenvalue weighted by molar-refractivity contribution is -0.189. The highest BCUT2D eigenvalue weighted by Crippen LogP contribution is 2.33. The van der Waals surface area contributed by atoms with Crippen molar-refractivity contribution in [2.45, 2.75) is 50.4 Å². The van der Waals surface area contributed by atoms with Gasteiger partial charge in [-0.05, 0) is 37.1 Å². The van der Waals surface area contributed by atoms with E-state index in [0.717, 1.165) is 37.4 Å². The molecule has 2 aromatic carbocycles. The molecule has 2 atom stereocenters. The summed E-state index contributed by atoms with van der Waals surface area (Å²) < 4.78 is 5.81. The predicted molar refractivity (Wildman–Crippen MR) is 151 cm³/mol. The number of nitriles is 1. The summed E-state index contributed by atoms with van der Waals surface area (Å²) in [5, 5.41) is 12.4. The van der Waals surface area contributed by atoms with Gasteiger partial charge in [0.2, 0.25) is 5.95 Å². The number of hydrogen-bond acceptors (Lipinski definition) is 8. The number of carbonyl (C=O) groups is 1. The smallest absolute Gasteiger partial charge is 0.227 e. The Labute approximate surface area is 233 Å². The number of fused-ring (bicyclic) bond motifs is 2. The molecule has 4 aliphatic rings. The van der Waals surface area contributed by atoms with Gasteiger partial charge in [-0.25, -0.2) is 9.97 Å². The normalized spacial score (nSPS) is 21.2. The maximum atomic E-state index is 12.2. The first-order valence-electron chi connectivity index (χ1n) is 13.6. The van der Waals surface area contributed by atoms with Gasteiger partial charge in [-0.1, -0.05) is 35.9 Å². The zero-order chi connectivity index (χ0) is 26.8. The molecule has 200 valence electrons. The maximum Gasteiger partial charge on any atom is 0.227 e. The molecule has 39 heavy (non-hydrogen) atoms. The van der Waals surface area contributed by atoms with Gasteiger partial charge in [0.05, 0.1) is 35.2 Å². The van der Waals surface area contributed by atoms with Gasteiger partial charge in [0.25, 0.3) is 0 Å². The molecule has 3 aromatic rings. The average Bonchev–Trinajstić information content (AvgIpc) is 2.97. The maximum absolute atomic E-state index is 12.2. The van der Waals surface area contributed by atoms with Crippen molar-refractivity contribution in [3.8, 4) is 17.3 Å². The van der Waals surface area contributed by atoms with Crippen LogP contribution in [0.25, 0.3) is 11.3 Å². The molecule has 4 fully saturated rings. The van der Waals surface area contributed by atoms with Crippen molar-refractivity contribution < 1.29 is 9.53 Å². The number of piperidine rings is 2. The number of halogens is 1. The second kappa shape index (κ2) is 11.3. The van der Waals surface area contributed by atoms with Gasteiger partial charge in [-0.2, -0.15) is 5.26 Å². The number of morpholine rings is 1. The van der Waals surface area contributed by atoms with Crippen molar-refractivity contribution in [3.63, 3.8) is 0 Å². The third-order valence-corrected chi connectivity index (χ3v) is 8.22. The van der Waals surface area contributed by atoms with Crippen LogP contribution in [0.2, 0.25) is 5.02 Å². The SMILES string of the molecule is N#CCCC(=O)c1ccc(-c2nc(Nc3ccc(N4CCC(N5CC6CC(C5)O6)CC4)cc3)ncc2Cl)cc1. The highest BCUT2D eigenvalue weighted by atomic mass is 35.5. The standard InChI is InChI=1S/C30H31ClN6O2/c31-27-17-33-30(35-29(27)21-5-3-20(4-6-21)28(38)2-1-13-32)34-22-7-9-23(10-8-22)36-14-11-24(12-15-36)37-18-25-16-26(19-37)39-25/h3-10,17,24-26H,1-2,11-12,14-16,18-19H2,(H,33,34,35). The van der Waals surface area contributed by atoms with Crippen LogP contribution in [0.1, 0.15) is 42.5 Å². The minimum atomic E-state index is -0.0551. The molecule has 2 unspecified atom stereocenters. The van der Waals surface area contributed by atoms with E-state index in [1.807, 2.05) is 18.2 Å². The molecule has 4 aliphatic heterocycles. The van der Waals surface area contributed by atoms with Crippen molar-refractivity contribution in [1.29, 1.82) is 5.26 Å². The molecule has 1 N–H and O–H groups in total. The molecule has 0 amide bonds. The molecule has 1 aromatic heterocycles. The Kier molecular flexibility index (Phi) is 7.47. The summed E-state index contributed by atoms with van der Waals surface area (Å²) in [6.45, 7) is 4.34. The van der Waals surface area contributed by atoms with Gasteiger partial charge >= 0.3 is 0 Å². The molecule has 5 heterocycles. The molecule has 2 bridgehead atoms. The Morgan fingerprint density at radius 3 is 2.44 bits per heavy atom. The molecule has 0 spiro atoms. The molecular formula is C30H31ClN6O2. The Morgan fingerprint density at radius 2 is 1.77 bits per heavy atom. The van der Waals surface area contributed by atoms with Crippen molar-refractivity contribution in [2.75, 3.05) is 36.4 Å². The fourth-order valence-corrected chi connectivity index (χ4v) is 6.02. The van der Waals surface area contributed by atoms with Gasteiger partial charge < -0.3 is 15.0 Å². The summed E-state index contributed by atoms with van der Waals surface area (Å²) in [7, 11) is 0. The summed E-state index contributed by atoms with van der Waals surface area (Å²) in [5.74, 6) is 0.390. The Hall–Kier alpha value is -3.51. The third-order valence-electron chi connectivity index (χ3n) is 7.94. The second-order valence-electron chi connectivity index (χ2n) is 10.5. The number of rotatable bonds is 8. The number of Topliss-reactive ketones (excluding diaryl/α,β-unsaturated/α-hetero) is 1. The van der Waals surface area contributed by atoms with E-state index < -0.39 is 0 Å². The molecule has 0 radical (unpaired) electrons. The van der Waals surface area contributed by atoms with E-state index in [9.17, 15) is 4.79 Å². The number of nitrogens with zero attached hydrogens (tertiary/aromatic N) is 5. The van der Waals surface area contributed by atoms with Crippen molar-refractivity contribution in [2.24, 2.45) is 0 Å². The predicted octanol–water partition coefficient (Wildman–Crippen LogP) is 5.47. The minimum Gasteiger partial charge on any atom is -0.372 e. The second-order valence-corrected chi connectivity index (χ2v) is 10.9. The van der Waals surface area contributed by atoms with Crippen molar-refractivity contribution >= 4 is 34.7 Å². The van der Waals surface area contributed by atoms with Crippen LogP contribution in [-0.2, 0) is 4.74 Å². The first-order chi connectivity index (χ1) is 19.1. The number of benzene rings is 2. The Bertz CT molecular complexity index is 1350. The van der Waals surface area contributed by atoms with Gasteiger partial charge in [0, 0.05) is 74.0 Å². The lowest BCUT2D eigenvalue weighted by atomic mass is 9.94. The van der Waals surface area contributed by atoms with Crippen LogP contribution in [0.3, 0.4) is 0 Å². The molecule has 7 rings (SSSR count). The summed E-state index contributed by atoms with van der Waals surface area (Å²) in [6.07, 6.45) is 6.57. The van der Waals surface area contributed by atoms with E-state index >= 15 is 0 Å². The fourth-order valence-electron chi connectivity index (χ4n) is 5.82. The van der Waals surface area contributed by atoms with Crippen LogP contribution in [0, 0.1) is 11.3 Å². The highest BCUT2D eigenvalue weighted by molar-refractivity contribution is 6.32. The molecule has 9 heteroatoms. The van der Waals surface area contributed by atoms with Crippen LogP contribution in [0.4, 0.5) is 17.3 Å². The Morgan fingerprint density at radius 1 is 1.08 bits per heavy atom. The third kappa shape index (κ3) is 5.76. The van der Waals surface area contributed by atoms with Crippen LogP contribution < -0.4 is 10.2 Å². The number of hydrogen-bond donors (Lipinski definition) is 1. The highest BCUT2D eigenvalue weighted by Gasteiger charge is 2.41. The molecule has 0 aliphatic carbocycles. The zero-order valence-electron chi connectivity index (χ0n) is 21.7. The minimum absolute atomic E-state index is 0.0551. The van der Waals surface area contributed by atoms with E-state index in [4.69, 9.17) is 21.6 Å². The molecular weight excluding hydrogens is 512 g/mol. The van der Waals surface area contributed by atoms with Crippen LogP contribution >= 0.6 is 11.6 Å². The number of nitrogens with one attached hydrogen (secondary N) is 1. The molecule has 0 saturated carbocycles. The topological polar surface area (TPSA) is 94.4 Å². The summed E-state index contributed by atoms with van der Waals surface area (Å²) in [6, 6.07) is 18.2. The number of anilines is 3. The van der Waals surface area contributed by atoms with Crippen LogP contribution in [-0.4, -0.2) is 65.1 Å². The van der Waals surface area contributed by atoms with E-state index in [1.54, 1.807) is 18.3 Å². The average molecular weight is 543 g/mol. The van der Waals surface area contributed by atoms with E-state index in [2.05, 4.69) is 49.4 Å². The van der Waals surface area contributed by atoms with E-state index in [-0.39, 0.29) is 18.6 Å². The van der Waals surface area contributed by atoms with Gasteiger partial charge in [0.15, 0.2) is 5.78 Å². The van der Waals surface area contributed by atoms with Crippen LogP contribution in [0.15, 0.2) is 54.7 Å². The zero-order valence-corrected chi connectivity index (χ0v) is 22.5. The number of ether oxygens (including phenoxy) is 1. The lowest BCUT2D eigenvalue weighted by Gasteiger charge is -2.51. The number of ketones is 1. The molecule has 4 saturated heterocycles. The largest absolute Gasteiger partial charge is 0.372 e. The van der Waals surface area contributed by atoms with E-state index in [1.165, 1.54) is 24.9 Å². The summed E-state index contributed by atoms with van der Waals surface area (Å²) in [5.41, 5.74) is 4.07. The van der Waals surface area contributed by atoms with Crippen LogP contribution in [0.5, 0.6) is 0 Å². The summed E-state index contributed by atoms with van der Waals surface area (Å²) in [4.78, 5) is 26.3. The summed E-state index contributed by atoms with van der Waals surface area (Å²) >= 11 is 6.41. The molecule has 8 nitrogen and oxygen atoms in total. The monoisotopic (exact) mass is 542 g/mol. The van der Waals surface area contributed by atoms with Crippen molar-refractivity contribution in [3.05, 3.63) is 65.3 Å². The van der Waals surface area contributed by atoms with Gasteiger partial charge in [-0.15, -0.1) is 0 Å². The number of aromatic nitrogens is 2. The number of carbonyl (C=O) groups excluding carboxylic acids is 1. The van der Waals surface area contributed by atoms with Gasteiger partial charge in [-0.3, -0.25) is 9.69 Å². The van der Waals surface area contributed by atoms with Crippen molar-refractivity contribution in [1.82, 2.24) is 14.9 Å². The quantitative estimate of drug-likeness (QED) is 0.374.